The van der Waals surface area contributed by atoms with Crippen LogP contribution in [0.4, 0.5) is 17.1 Å². The van der Waals surface area contributed by atoms with Crippen molar-refractivity contribution in [3.05, 3.63) is 224 Å². The van der Waals surface area contributed by atoms with Crippen molar-refractivity contribution in [3.8, 4) is 44.5 Å². The van der Waals surface area contributed by atoms with E-state index in [1.165, 1.54) is 64.3 Å². The molecule has 0 saturated carbocycles. The van der Waals surface area contributed by atoms with Gasteiger partial charge in [0.1, 0.15) is 11.2 Å². The highest BCUT2D eigenvalue weighted by molar-refractivity contribution is 7.27. The molecule has 0 atom stereocenters. The van der Waals surface area contributed by atoms with Crippen molar-refractivity contribution >= 4 is 81.3 Å². The van der Waals surface area contributed by atoms with Gasteiger partial charge in [-0.15, -0.1) is 11.3 Å². The van der Waals surface area contributed by atoms with Crippen molar-refractivity contribution in [2.24, 2.45) is 0 Å². The van der Waals surface area contributed by atoms with Crippen LogP contribution in [0.15, 0.2) is 229 Å². The van der Waals surface area contributed by atoms with Crippen LogP contribution in [0.5, 0.6) is 0 Å². The predicted octanol–water partition coefficient (Wildman–Crippen LogP) is 17.2. The molecule has 0 unspecified atom stereocenters. The van der Waals surface area contributed by atoms with E-state index in [0.717, 1.165) is 50.1 Å². The lowest BCUT2D eigenvalue weighted by atomic mass is 9.92. The highest BCUT2D eigenvalue weighted by Crippen LogP contribution is 2.48. The van der Waals surface area contributed by atoms with Crippen molar-refractivity contribution < 1.29 is 4.42 Å². The van der Waals surface area contributed by atoms with E-state index in [9.17, 15) is 0 Å². The van der Waals surface area contributed by atoms with Crippen molar-refractivity contribution in [2.45, 2.75) is 0 Å². The standard InChI is InChI=1S/C58H37NOS/c1-3-13-39(14-4-1)45-35-36-46(49-18-8-7-17-48(45)49)41-27-32-44(33-28-41)59(43-30-25-38(26-31-43)42-29-34-51-50-19-9-10-24-55(50)60-56(51)37-42)54-23-12-22-53-52-21-11-20-47(57(52)61-58(53)54)40-15-5-2-6-16-40/h1-37H. The Morgan fingerprint density at radius 2 is 0.787 bits per heavy atom. The van der Waals surface area contributed by atoms with Gasteiger partial charge in [-0.2, -0.15) is 0 Å². The van der Waals surface area contributed by atoms with Crippen LogP contribution in [-0.4, -0.2) is 0 Å². The van der Waals surface area contributed by atoms with E-state index in [1.807, 2.05) is 23.5 Å². The minimum Gasteiger partial charge on any atom is -0.456 e. The summed E-state index contributed by atoms with van der Waals surface area (Å²) in [4.78, 5) is 2.42. The summed E-state index contributed by atoms with van der Waals surface area (Å²) in [5.41, 5.74) is 14.8. The van der Waals surface area contributed by atoms with Gasteiger partial charge in [-0.05, 0) is 104 Å². The molecular formula is C58H37NOS. The molecule has 0 aliphatic carbocycles. The molecule has 2 nitrogen and oxygen atoms in total. The van der Waals surface area contributed by atoms with Crippen LogP contribution in [0, 0.1) is 0 Å². The second-order valence-corrected chi connectivity index (χ2v) is 16.6. The van der Waals surface area contributed by atoms with Crippen molar-refractivity contribution in [3.63, 3.8) is 0 Å². The smallest absolute Gasteiger partial charge is 0.136 e. The van der Waals surface area contributed by atoms with E-state index >= 15 is 0 Å². The van der Waals surface area contributed by atoms with Crippen LogP contribution in [0.1, 0.15) is 0 Å². The lowest BCUT2D eigenvalue weighted by Gasteiger charge is -2.26. The lowest BCUT2D eigenvalue weighted by Crippen LogP contribution is -2.10. The molecule has 0 bridgehead atoms. The summed E-state index contributed by atoms with van der Waals surface area (Å²) in [6.07, 6.45) is 0. The van der Waals surface area contributed by atoms with Crippen LogP contribution in [0.3, 0.4) is 0 Å². The van der Waals surface area contributed by atoms with Gasteiger partial charge in [-0.1, -0.05) is 176 Å². The van der Waals surface area contributed by atoms with Crippen molar-refractivity contribution in [1.29, 1.82) is 0 Å². The van der Waals surface area contributed by atoms with Gasteiger partial charge < -0.3 is 9.32 Å². The fourth-order valence-electron chi connectivity index (χ4n) is 9.17. The summed E-state index contributed by atoms with van der Waals surface area (Å²) < 4.78 is 8.83. The monoisotopic (exact) mass is 795 g/mol. The van der Waals surface area contributed by atoms with Gasteiger partial charge in [0, 0.05) is 37.6 Å². The minimum atomic E-state index is 0.901. The lowest BCUT2D eigenvalue weighted by molar-refractivity contribution is 0.669. The number of hydrogen-bond acceptors (Lipinski definition) is 3. The molecular weight excluding hydrogens is 759 g/mol. The molecule has 12 aromatic rings. The Labute approximate surface area is 357 Å². The van der Waals surface area contributed by atoms with Gasteiger partial charge in [0.25, 0.3) is 0 Å². The Morgan fingerprint density at radius 3 is 1.46 bits per heavy atom. The van der Waals surface area contributed by atoms with Gasteiger partial charge in [0.2, 0.25) is 0 Å². The van der Waals surface area contributed by atoms with Crippen molar-refractivity contribution in [2.75, 3.05) is 4.90 Å². The molecule has 2 heterocycles. The molecule has 0 aliphatic rings. The highest BCUT2D eigenvalue weighted by atomic mass is 32.1. The quantitative estimate of drug-likeness (QED) is 0.160. The third kappa shape index (κ3) is 6.01. The number of benzene rings is 10. The molecule has 0 saturated heterocycles. The van der Waals surface area contributed by atoms with Gasteiger partial charge >= 0.3 is 0 Å². The van der Waals surface area contributed by atoms with Crippen LogP contribution in [-0.2, 0) is 0 Å². The van der Waals surface area contributed by atoms with E-state index in [1.54, 1.807) is 0 Å². The molecule has 0 aliphatic heterocycles. The fraction of sp³-hybridized carbons (Fsp3) is 0. The summed E-state index contributed by atoms with van der Waals surface area (Å²) in [5, 5.41) is 7.32. The number of nitrogens with zero attached hydrogens (tertiary/aromatic N) is 1. The van der Waals surface area contributed by atoms with E-state index in [4.69, 9.17) is 4.42 Å². The number of furan rings is 1. The zero-order valence-corrected chi connectivity index (χ0v) is 33.9. The number of rotatable bonds is 7. The SMILES string of the molecule is c1ccc(-c2ccc(-c3ccc(N(c4ccc(-c5ccc6c(c5)oc5ccccc56)cc4)c4cccc5c4sc4c(-c6ccccc6)cccc45)cc3)c3ccccc23)cc1. The molecule has 0 spiro atoms. The van der Waals surface area contributed by atoms with E-state index in [0.29, 0.717) is 0 Å². The molecule has 61 heavy (non-hydrogen) atoms. The number of anilines is 3. The van der Waals surface area contributed by atoms with Gasteiger partial charge in [0.15, 0.2) is 0 Å². The third-order valence-electron chi connectivity index (χ3n) is 12.1. The second-order valence-electron chi connectivity index (χ2n) is 15.6. The average Bonchev–Trinajstić information content (AvgIpc) is 3.91. The molecule has 12 rings (SSSR count). The van der Waals surface area contributed by atoms with E-state index in [-0.39, 0.29) is 0 Å². The first-order valence-corrected chi connectivity index (χ1v) is 21.6. The zero-order valence-electron chi connectivity index (χ0n) is 33.1. The minimum absolute atomic E-state index is 0.901. The first-order chi connectivity index (χ1) is 30.2. The molecule has 0 fully saturated rings. The van der Waals surface area contributed by atoms with Gasteiger partial charge in [-0.25, -0.2) is 0 Å². The molecule has 2 aromatic heterocycles. The third-order valence-corrected chi connectivity index (χ3v) is 13.4. The molecule has 10 aromatic carbocycles. The Kier molecular flexibility index (Phi) is 8.39. The maximum absolute atomic E-state index is 6.28. The number of hydrogen-bond donors (Lipinski definition) is 0. The molecule has 286 valence electrons. The Hall–Kier alpha value is -7.72. The Bertz CT molecular complexity index is 3570. The van der Waals surface area contributed by atoms with Gasteiger partial charge in [0.05, 0.1) is 10.4 Å². The molecule has 3 heteroatoms. The predicted molar refractivity (Wildman–Crippen MR) is 261 cm³/mol. The molecule has 0 radical (unpaired) electrons. The summed E-state index contributed by atoms with van der Waals surface area (Å²) in [7, 11) is 0. The summed E-state index contributed by atoms with van der Waals surface area (Å²) in [6.45, 7) is 0. The zero-order chi connectivity index (χ0) is 40.3. The average molecular weight is 796 g/mol. The topological polar surface area (TPSA) is 16.4 Å². The van der Waals surface area contributed by atoms with E-state index < -0.39 is 0 Å². The van der Waals surface area contributed by atoms with Crippen LogP contribution in [0.25, 0.3) is 97.4 Å². The fourth-order valence-corrected chi connectivity index (χ4v) is 10.5. The summed E-state index contributed by atoms with van der Waals surface area (Å²) in [6, 6.07) is 81.1. The molecule has 0 amide bonds. The highest BCUT2D eigenvalue weighted by Gasteiger charge is 2.20. The first kappa shape index (κ1) is 35.2. The summed E-state index contributed by atoms with van der Waals surface area (Å²) >= 11 is 1.88. The Balaban J connectivity index is 0.993. The number of para-hydroxylation sites is 1. The number of fused-ring (bicyclic) bond motifs is 7. The number of thiophene rings is 1. The molecule has 0 N–H and O–H groups in total. The maximum atomic E-state index is 6.28. The largest absolute Gasteiger partial charge is 0.456 e. The van der Waals surface area contributed by atoms with E-state index in [2.05, 4.69) is 217 Å². The van der Waals surface area contributed by atoms with Crippen LogP contribution >= 0.6 is 11.3 Å². The van der Waals surface area contributed by atoms with Crippen LogP contribution < -0.4 is 4.90 Å². The van der Waals surface area contributed by atoms with Gasteiger partial charge in [-0.3, -0.25) is 0 Å². The summed E-state index contributed by atoms with van der Waals surface area (Å²) in [5.74, 6) is 0. The normalized spacial score (nSPS) is 11.6. The maximum Gasteiger partial charge on any atom is 0.136 e. The first-order valence-electron chi connectivity index (χ1n) is 20.7. The van der Waals surface area contributed by atoms with Crippen molar-refractivity contribution in [1.82, 2.24) is 0 Å². The Morgan fingerprint density at radius 1 is 0.295 bits per heavy atom. The second kappa shape index (κ2) is 14.5. The van der Waals surface area contributed by atoms with Crippen LogP contribution in [0.2, 0.25) is 0 Å².